The Hall–Kier alpha value is -2.32. The third kappa shape index (κ3) is 2.47. The maximum atomic E-state index is 12.7. The quantitative estimate of drug-likeness (QED) is 0.857. The molecule has 0 bridgehead atoms. The van der Waals surface area contributed by atoms with Gasteiger partial charge in [-0.2, -0.15) is 0 Å². The summed E-state index contributed by atoms with van der Waals surface area (Å²) in [7, 11) is 4.04. The van der Waals surface area contributed by atoms with Crippen LogP contribution in [0.3, 0.4) is 0 Å². The van der Waals surface area contributed by atoms with Crippen molar-refractivity contribution in [2.45, 2.75) is 24.6 Å². The highest BCUT2D eigenvalue weighted by atomic mass is 16.5. The van der Waals surface area contributed by atoms with Crippen molar-refractivity contribution in [2.24, 2.45) is 5.92 Å². The zero-order chi connectivity index (χ0) is 16.7. The number of rotatable bonds is 4. The van der Waals surface area contributed by atoms with E-state index in [0.29, 0.717) is 17.4 Å². The average molecular weight is 328 g/mol. The lowest BCUT2D eigenvalue weighted by Crippen LogP contribution is -2.69. The maximum absolute atomic E-state index is 12.7. The van der Waals surface area contributed by atoms with Crippen LogP contribution in [0.2, 0.25) is 0 Å². The lowest BCUT2D eigenvalue weighted by molar-refractivity contribution is -0.0664. The first kappa shape index (κ1) is 15.2. The Morgan fingerprint density at radius 3 is 2.88 bits per heavy atom. The van der Waals surface area contributed by atoms with Gasteiger partial charge in [-0.3, -0.25) is 9.36 Å². The fourth-order valence-electron chi connectivity index (χ4n) is 3.72. The molecule has 8 heteroatoms. The third-order valence-corrected chi connectivity index (χ3v) is 4.89. The monoisotopic (exact) mass is 328 g/mol. The molecule has 0 spiro atoms. The molecule has 3 heterocycles. The van der Waals surface area contributed by atoms with Gasteiger partial charge in [0.2, 0.25) is 0 Å². The van der Waals surface area contributed by atoms with Gasteiger partial charge in [-0.05, 0) is 32.6 Å². The van der Waals surface area contributed by atoms with Crippen LogP contribution >= 0.6 is 0 Å². The summed E-state index contributed by atoms with van der Waals surface area (Å²) in [5.41, 5.74) is 0.390. The minimum absolute atomic E-state index is 0.0976. The molecule has 1 N–H and O–H groups in total. The lowest BCUT2D eigenvalue weighted by atomic mass is 9.71. The van der Waals surface area contributed by atoms with Crippen molar-refractivity contribution in [3.8, 4) is 5.82 Å². The van der Waals surface area contributed by atoms with Crippen molar-refractivity contribution < 1.29 is 9.53 Å². The first-order valence-corrected chi connectivity index (χ1v) is 8.06. The van der Waals surface area contributed by atoms with E-state index in [4.69, 9.17) is 4.74 Å². The molecule has 1 saturated carbocycles. The number of amides is 1. The fraction of sp³-hybridized carbons (Fsp3) is 0.500. The summed E-state index contributed by atoms with van der Waals surface area (Å²) in [6.45, 7) is 0.771. The number of pyridine rings is 1. The molecule has 0 radical (unpaired) electrons. The van der Waals surface area contributed by atoms with Crippen molar-refractivity contribution in [1.29, 1.82) is 0 Å². The number of ether oxygens (including phenoxy) is 1. The molecule has 1 aliphatic carbocycles. The van der Waals surface area contributed by atoms with Crippen LogP contribution in [0, 0.1) is 5.92 Å². The zero-order valence-corrected chi connectivity index (χ0v) is 13.7. The van der Waals surface area contributed by atoms with Gasteiger partial charge in [0.25, 0.3) is 5.91 Å². The SMILES string of the molecule is CN(C)[C@@H]1[C@@H](NC(=O)c2cccc(-n3cnnc3)n2)[C@H]2CCO[C@H]21. The fourth-order valence-corrected chi connectivity index (χ4v) is 3.72. The van der Waals surface area contributed by atoms with Crippen LogP contribution in [-0.2, 0) is 4.74 Å². The Kier molecular flexibility index (Phi) is 3.78. The van der Waals surface area contributed by atoms with Gasteiger partial charge in [0.05, 0.1) is 18.2 Å². The number of hydrogen-bond donors (Lipinski definition) is 1. The van der Waals surface area contributed by atoms with Crippen molar-refractivity contribution in [3.63, 3.8) is 0 Å². The van der Waals surface area contributed by atoms with Crippen molar-refractivity contribution >= 4 is 5.91 Å². The second-order valence-corrected chi connectivity index (χ2v) is 6.49. The van der Waals surface area contributed by atoms with E-state index in [1.165, 1.54) is 0 Å². The van der Waals surface area contributed by atoms with Crippen molar-refractivity contribution in [3.05, 3.63) is 36.5 Å². The molecule has 1 saturated heterocycles. The van der Waals surface area contributed by atoms with Crippen molar-refractivity contribution in [1.82, 2.24) is 30.0 Å². The summed E-state index contributed by atoms with van der Waals surface area (Å²) in [5, 5.41) is 10.7. The zero-order valence-electron chi connectivity index (χ0n) is 13.7. The Bertz CT molecular complexity index is 732. The van der Waals surface area contributed by atoms with Crippen LogP contribution in [0.15, 0.2) is 30.9 Å². The summed E-state index contributed by atoms with van der Waals surface area (Å²) < 4.78 is 7.46. The highest BCUT2D eigenvalue weighted by molar-refractivity contribution is 5.92. The number of fused-ring (bicyclic) bond motifs is 1. The Balaban J connectivity index is 1.51. The van der Waals surface area contributed by atoms with E-state index >= 15 is 0 Å². The maximum Gasteiger partial charge on any atom is 0.270 e. The predicted octanol–water partition coefficient (Wildman–Crippen LogP) is 0.110. The highest BCUT2D eigenvalue weighted by Crippen LogP contribution is 2.41. The topological polar surface area (TPSA) is 85.2 Å². The van der Waals surface area contributed by atoms with Gasteiger partial charge in [-0.1, -0.05) is 6.07 Å². The largest absolute Gasteiger partial charge is 0.376 e. The number of nitrogens with one attached hydrogen (secondary N) is 1. The molecule has 2 aliphatic rings. The smallest absolute Gasteiger partial charge is 0.270 e. The molecule has 4 atom stereocenters. The van der Waals surface area contributed by atoms with Gasteiger partial charge in [-0.15, -0.1) is 10.2 Å². The molecule has 1 aliphatic heterocycles. The molecule has 8 nitrogen and oxygen atoms in total. The predicted molar refractivity (Wildman–Crippen MR) is 85.7 cm³/mol. The lowest BCUT2D eigenvalue weighted by Gasteiger charge is -2.50. The van der Waals surface area contributed by atoms with E-state index < -0.39 is 0 Å². The van der Waals surface area contributed by atoms with E-state index in [0.717, 1.165) is 13.0 Å². The summed E-state index contributed by atoms with van der Waals surface area (Å²) in [4.78, 5) is 19.2. The molecular formula is C16H20N6O2. The summed E-state index contributed by atoms with van der Waals surface area (Å²) >= 11 is 0. The van der Waals surface area contributed by atoms with Gasteiger partial charge < -0.3 is 15.0 Å². The molecule has 24 heavy (non-hydrogen) atoms. The molecule has 126 valence electrons. The van der Waals surface area contributed by atoms with E-state index in [1.807, 2.05) is 26.2 Å². The molecular weight excluding hydrogens is 308 g/mol. The van der Waals surface area contributed by atoms with Crippen LogP contribution in [0.25, 0.3) is 5.82 Å². The summed E-state index contributed by atoms with van der Waals surface area (Å²) in [6, 6.07) is 5.65. The number of hydrogen-bond acceptors (Lipinski definition) is 6. The molecule has 2 aromatic rings. The van der Waals surface area contributed by atoms with Gasteiger partial charge in [0.1, 0.15) is 24.2 Å². The molecule has 2 fully saturated rings. The Morgan fingerprint density at radius 1 is 1.33 bits per heavy atom. The number of carbonyl (C=O) groups excluding carboxylic acids is 1. The number of carbonyl (C=O) groups is 1. The second-order valence-electron chi connectivity index (χ2n) is 6.49. The second kappa shape index (κ2) is 5.95. The van der Waals surface area contributed by atoms with E-state index in [-0.39, 0.29) is 24.1 Å². The van der Waals surface area contributed by atoms with Gasteiger partial charge in [0.15, 0.2) is 0 Å². The number of nitrogens with zero attached hydrogens (tertiary/aromatic N) is 5. The minimum atomic E-state index is -0.160. The van der Waals surface area contributed by atoms with E-state index in [1.54, 1.807) is 23.3 Å². The molecule has 2 aromatic heterocycles. The van der Waals surface area contributed by atoms with Crippen LogP contribution in [0.1, 0.15) is 16.9 Å². The molecule has 1 amide bonds. The van der Waals surface area contributed by atoms with E-state index in [2.05, 4.69) is 25.4 Å². The van der Waals surface area contributed by atoms with E-state index in [9.17, 15) is 4.79 Å². The van der Waals surface area contributed by atoms with Crippen LogP contribution < -0.4 is 5.32 Å². The summed E-state index contributed by atoms with van der Waals surface area (Å²) in [5.74, 6) is 0.849. The van der Waals surface area contributed by atoms with Crippen LogP contribution in [-0.4, -0.2) is 69.4 Å². The third-order valence-electron chi connectivity index (χ3n) is 4.89. The first-order valence-electron chi connectivity index (χ1n) is 8.06. The molecule has 4 rings (SSSR count). The minimum Gasteiger partial charge on any atom is -0.376 e. The normalized spacial score (nSPS) is 28.5. The summed E-state index contributed by atoms with van der Waals surface area (Å²) in [6.07, 6.45) is 4.33. The molecule has 0 unspecified atom stereocenters. The standard InChI is InChI=1S/C16H20N6O2/c1-21(2)14-13(10-6-7-24-15(10)14)20-16(23)11-4-3-5-12(19-11)22-8-17-18-9-22/h3-5,8-10,13-15H,6-7H2,1-2H3,(H,20,23)/t10-,13+,14-,15-/m1/s1. The van der Waals surface area contributed by atoms with Crippen LogP contribution in [0.5, 0.6) is 0 Å². The van der Waals surface area contributed by atoms with Crippen LogP contribution in [0.4, 0.5) is 0 Å². The number of likely N-dealkylation sites (N-methyl/N-ethyl adjacent to an activating group) is 1. The Morgan fingerprint density at radius 2 is 2.12 bits per heavy atom. The molecule has 0 aromatic carbocycles. The number of aromatic nitrogens is 4. The first-order chi connectivity index (χ1) is 11.6. The van der Waals surface area contributed by atoms with Gasteiger partial charge >= 0.3 is 0 Å². The van der Waals surface area contributed by atoms with Gasteiger partial charge in [-0.25, -0.2) is 4.98 Å². The van der Waals surface area contributed by atoms with Gasteiger partial charge in [0, 0.05) is 12.5 Å². The highest BCUT2D eigenvalue weighted by Gasteiger charge is 2.55. The average Bonchev–Trinajstić information content (AvgIpc) is 3.22. The van der Waals surface area contributed by atoms with Crippen molar-refractivity contribution in [2.75, 3.05) is 20.7 Å². The Labute approximate surface area is 139 Å².